The molecular weight excluding hydrogens is 409 g/mol. The standard InChI is InChI=1S/C26H22FNO4/c1-3-30-24-15-19(8-13-23(24)31-16-18-6-4-17(2)5-7-18)14-22-26(29)32-25(28-22)20-9-11-21(27)12-10-20/h4-15H,3,16H2,1-2H3/b22-14-. The number of esters is 1. The summed E-state index contributed by atoms with van der Waals surface area (Å²) in [5.74, 6) is 0.385. The van der Waals surface area contributed by atoms with Crippen LogP contribution in [-0.2, 0) is 16.1 Å². The van der Waals surface area contributed by atoms with Crippen LogP contribution in [0.5, 0.6) is 11.5 Å². The van der Waals surface area contributed by atoms with Gasteiger partial charge < -0.3 is 14.2 Å². The summed E-state index contributed by atoms with van der Waals surface area (Å²) in [6.07, 6.45) is 1.62. The van der Waals surface area contributed by atoms with Gasteiger partial charge in [-0.2, -0.15) is 0 Å². The van der Waals surface area contributed by atoms with Gasteiger partial charge in [-0.05, 0) is 67.4 Å². The highest BCUT2D eigenvalue weighted by Crippen LogP contribution is 2.31. The summed E-state index contributed by atoms with van der Waals surface area (Å²) < 4.78 is 30.1. The lowest BCUT2D eigenvalue weighted by Crippen LogP contribution is -2.05. The first kappa shape index (κ1) is 21.3. The van der Waals surface area contributed by atoms with Crippen molar-refractivity contribution in [3.63, 3.8) is 0 Å². The molecule has 0 aliphatic carbocycles. The smallest absolute Gasteiger partial charge is 0.363 e. The lowest BCUT2D eigenvalue weighted by molar-refractivity contribution is -0.129. The van der Waals surface area contributed by atoms with Gasteiger partial charge >= 0.3 is 5.97 Å². The minimum Gasteiger partial charge on any atom is -0.490 e. The van der Waals surface area contributed by atoms with E-state index in [1.807, 2.05) is 44.2 Å². The maximum atomic E-state index is 13.1. The van der Waals surface area contributed by atoms with Crippen molar-refractivity contribution in [3.8, 4) is 11.5 Å². The van der Waals surface area contributed by atoms with Crippen molar-refractivity contribution in [2.45, 2.75) is 20.5 Å². The van der Waals surface area contributed by atoms with Crippen molar-refractivity contribution in [2.24, 2.45) is 4.99 Å². The van der Waals surface area contributed by atoms with E-state index in [9.17, 15) is 9.18 Å². The van der Waals surface area contributed by atoms with Crippen LogP contribution in [0.25, 0.3) is 6.08 Å². The third-order valence-corrected chi connectivity index (χ3v) is 4.80. The Balaban J connectivity index is 1.54. The number of cyclic esters (lactones) is 1. The van der Waals surface area contributed by atoms with Gasteiger partial charge in [-0.1, -0.05) is 35.9 Å². The second-order valence-electron chi connectivity index (χ2n) is 7.26. The molecule has 0 fully saturated rings. The number of hydrogen-bond acceptors (Lipinski definition) is 5. The SMILES string of the molecule is CCOc1cc(/C=C2\N=C(c3ccc(F)cc3)OC2=O)ccc1OCc1ccc(C)cc1. The Morgan fingerprint density at radius 3 is 2.44 bits per heavy atom. The minimum atomic E-state index is -0.568. The maximum Gasteiger partial charge on any atom is 0.363 e. The van der Waals surface area contributed by atoms with Crippen LogP contribution in [-0.4, -0.2) is 18.5 Å². The lowest BCUT2D eigenvalue weighted by atomic mass is 10.1. The van der Waals surface area contributed by atoms with Crippen LogP contribution in [0.2, 0.25) is 0 Å². The normalized spacial score (nSPS) is 14.3. The zero-order valence-corrected chi connectivity index (χ0v) is 17.8. The number of rotatable bonds is 7. The van der Waals surface area contributed by atoms with Crippen molar-refractivity contribution in [1.29, 1.82) is 0 Å². The second-order valence-corrected chi connectivity index (χ2v) is 7.26. The molecule has 3 aromatic rings. The Hall–Kier alpha value is -3.93. The highest BCUT2D eigenvalue weighted by molar-refractivity contribution is 6.12. The van der Waals surface area contributed by atoms with Gasteiger partial charge in [0.25, 0.3) is 0 Å². The van der Waals surface area contributed by atoms with Crippen LogP contribution in [0.3, 0.4) is 0 Å². The summed E-state index contributed by atoms with van der Waals surface area (Å²) in [5.41, 5.74) is 3.64. The van der Waals surface area contributed by atoms with E-state index in [0.717, 1.165) is 5.56 Å². The number of aryl methyl sites for hydroxylation is 1. The van der Waals surface area contributed by atoms with Crippen LogP contribution >= 0.6 is 0 Å². The summed E-state index contributed by atoms with van der Waals surface area (Å²) in [5, 5.41) is 0. The molecular formula is C26H22FNO4. The first-order chi connectivity index (χ1) is 15.5. The third kappa shape index (κ3) is 5.03. The zero-order valence-electron chi connectivity index (χ0n) is 17.8. The number of hydrogen-bond donors (Lipinski definition) is 0. The van der Waals surface area contributed by atoms with Crippen molar-refractivity contribution < 1.29 is 23.4 Å². The van der Waals surface area contributed by atoms with Gasteiger partial charge in [0, 0.05) is 5.56 Å². The van der Waals surface area contributed by atoms with E-state index < -0.39 is 5.97 Å². The summed E-state index contributed by atoms with van der Waals surface area (Å²) in [4.78, 5) is 16.5. The molecule has 0 aromatic heterocycles. The number of benzene rings is 3. The predicted molar refractivity (Wildman–Crippen MR) is 120 cm³/mol. The molecule has 0 bridgehead atoms. The van der Waals surface area contributed by atoms with Crippen molar-refractivity contribution in [2.75, 3.05) is 6.61 Å². The van der Waals surface area contributed by atoms with E-state index in [-0.39, 0.29) is 17.4 Å². The average molecular weight is 431 g/mol. The Labute approximate surface area is 185 Å². The Morgan fingerprint density at radius 1 is 0.969 bits per heavy atom. The molecule has 0 atom stereocenters. The Kier molecular flexibility index (Phi) is 6.31. The predicted octanol–water partition coefficient (Wildman–Crippen LogP) is 5.46. The van der Waals surface area contributed by atoms with Crippen molar-refractivity contribution in [3.05, 3.63) is 100 Å². The van der Waals surface area contributed by atoms with Gasteiger partial charge in [0.15, 0.2) is 17.2 Å². The lowest BCUT2D eigenvalue weighted by Gasteiger charge is -2.13. The fourth-order valence-corrected chi connectivity index (χ4v) is 3.13. The fraction of sp³-hybridized carbons (Fsp3) is 0.154. The van der Waals surface area contributed by atoms with Gasteiger partial charge in [-0.15, -0.1) is 0 Å². The molecule has 1 heterocycles. The molecule has 0 amide bonds. The van der Waals surface area contributed by atoms with Gasteiger partial charge in [0.2, 0.25) is 5.90 Å². The largest absolute Gasteiger partial charge is 0.490 e. The van der Waals surface area contributed by atoms with Gasteiger partial charge in [0.1, 0.15) is 12.4 Å². The Morgan fingerprint density at radius 2 is 1.72 bits per heavy atom. The van der Waals surface area contributed by atoms with Crippen LogP contribution in [0.4, 0.5) is 4.39 Å². The first-order valence-corrected chi connectivity index (χ1v) is 10.3. The molecule has 0 saturated carbocycles. The highest BCUT2D eigenvalue weighted by atomic mass is 19.1. The molecule has 32 heavy (non-hydrogen) atoms. The number of carbonyl (C=O) groups is 1. The summed E-state index contributed by atoms with van der Waals surface area (Å²) >= 11 is 0. The zero-order chi connectivity index (χ0) is 22.5. The van der Waals surface area contributed by atoms with E-state index in [0.29, 0.717) is 35.8 Å². The van der Waals surface area contributed by atoms with Crippen LogP contribution in [0.15, 0.2) is 77.4 Å². The summed E-state index contributed by atoms with van der Waals surface area (Å²) in [6, 6.07) is 19.1. The molecule has 1 aliphatic heterocycles. The maximum absolute atomic E-state index is 13.1. The van der Waals surface area contributed by atoms with Crippen molar-refractivity contribution in [1.82, 2.24) is 0 Å². The van der Waals surface area contributed by atoms with Crippen LogP contribution in [0, 0.1) is 12.7 Å². The molecule has 162 valence electrons. The molecule has 5 nitrogen and oxygen atoms in total. The van der Waals surface area contributed by atoms with E-state index in [1.54, 1.807) is 18.2 Å². The number of halogens is 1. The van der Waals surface area contributed by atoms with Gasteiger partial charge in [0.05, 0.1) is 6.61 Å². The number of carbonyl (C=O) groups excluding carboxylic acids is 1. The molecule has 1 aliphatic rings. The molecule has 0 saturated heterocycles. The molecule has 4 rings (SSSR count). The van der Waals surface area contributed by atoms with E-state index in [1.165, 1.54) is 29.8 Å². The highest BCUT2D eigenvalue weighted by Gasteiger charge is 2.24. The van der Waals surface area contributed by atoms with E-state index in [2.05, 4.69) is 4.99 Å². The van der Waals surface area contributed by atoms with E-state index >= 15 is 0 Å². The Bertz CT molecular complexity index is 1180. The van der Waals surface area contributed by atoms with Crippen LogP contribution < -0.4 is 9.47 Å². The number of aliphatic imine (C=N–C) groups is 1. The van der Waals surface area contributed by atoms with Crippen LogP contribution in [0.1, 0.15) is 29.2 Å². The molecule has 0 N–H and O–H groups in total. The molecule has 0 unspecified atom stereocenters. The van der Waals surface area contributed by atoms with Crippen molar-refractivity contribution >= 4 is 17.9 Å². The topological polar surface area (TPSA) is 57.1 Å². The summed E-state index contributed by atoms with van der Waals surface area (Å²) in [6.45, 7) is 4.81. The molecule has 0 radical (unpaired) electrons. The van der Waals surface area contributed by atoms with E-state index in [4.69, 9.17) is 14.2 Å². The minimum absolute atomic E-state index is 0.143. The molecule has 0 spiro atoms. The second kappa shape index (κ2) is 9.47. The first-order valence-electron chi connectivity index (χ1n) is 10.3. The van der Waals surface area contributed by atoms with Gasteiger partial charge in [-0.25, -0.2) is 14.2 Å². The fourth-order valence-electron chi connectivity index (χ4n) is 3.13. The molecule has 3 aromatic carbocycles. The number of ether oxygens (including phenoxy) is 3. The summed E-state index contributed by atoms with van der Waals surface area (Å²) in [7, 11) is 0. The quantitative estimate of drug-likeness (QED) is 0.368. The average Bonchev–Trinajstić information content (AvgIpc) is 3.15. The number of nitrogens with zero attached hydrogens (tertiary/aromatic N) is 1. The monoisotopic (exact) mass is 431 g/mol. The third-order valence-electron chi connectivity index (χ3n) is 4.80. The van der Waals surface area contributed by atoms with Gasteiger partial charge in [-0.3, -0.25) is 0 Å². The molecule has 6 heteroatoms.